The van der Waals surface area contributed by atoms with E-state index in [9.17, 15) is 9.59 Å². The molecule has 2 aliphatic heterocycles. The Hall–Kier alpha value is -2.93. The molecular formula is C26H25ClO6. The normalized spacial score (nSPS) is 17.7. The first-order valence-electron chi connectivity index (χ1n) is 10.7. The van der Waals surface area contributed by atoms with Crippen LogP contribution in [0.3, 0.4) is 0 Å². The lowest BCUT2D eigenvalue weighted by atomic mass is 9.79. The molecule has 0 aromatic heterocycles. The third-order valence-corrected chi connectivity index (χ3v) is 6.10. The molecule has 33 heavy (non-hydrogen) atoms. The van der Waals surface area contributed by atoms with Crippen LogP contribution in [-0.2, 0) is 23.7 Å². The Morgan fingerprint density at radius 3 is 2.42 bits per heavy atom. The summed E-state index contributed by atoms with van der Waals surface area (Å²) in [6, 6.07) is 13.3. The minimum atomic E-state index is -0.999. The molecule has 4 rings (SSSR count). The van der Waals surface area contributed by atoms with E-state index in [-0.39, 0.29) is 23.9 Å². The summed E-state index contributed by atoms with van der Waals surface area (Å²) in [4.78, 5) is 26.1. The van der Waals surface area contributed by atoms with Gasteiger partial charge in [-0.2, -0.15) is 0 Å². The number of aryl methyl sites for hydroxylation is 1. The van der Waals surface area contributed by atoms with Crippen LogP contribution in [0, 0.1) is 6.92 Å². The number of Topliss-reactive ketones (excluding diaryl/α,β-unsaturated/α-hetero) is 1. The molecular weight excluding hydrogens is 444 g/mol. The van der Waals surface area contributed by atoms with Gasteiger partial charge in [-0.15, -0.1) is 0 Å². The number of rotatable bonds is 4. The second-order valence-corrected chi connectivity index (χ2v) is 8.65. The van der Waals surface area contributed by atoms with Gasteiger partial charge >= 0.3 is 6.16 Å². The van der Waals surface area contributed by atoms with Crippen molar-refractivity contribution in [2.45, 2.75) is 32.3 Å². The first-order valence-corrected chi connectivity index (χ1v) is 11.1. The van der Waals surface area contributed by atoms with Crippen molar-refractivity contribution in [2.24, 2.45) is 0 Å². The second-order valence-electron chi connectivity index (χ2n) is 8.22. The highest BCUT2D eigenvalue weighted by Gasteiger charge is 2.47. The Kier molecular flexibility index (Phi) is 6.70. The van der Waals surface area contributed by atoms with Gasteiger partial charge in [-0.3, -0.25) is 4.79 Å². The highest BCUT2D eigenvalue weighted by atomic mass is 35.5. The van der Waals surface area contributed by atoms with Crippen LogP contribution in [0.25, 0.3) is 16.7 Å². The predicted octanol–water partition coefficient (Wildman–Crippen LogP) is 5.86. The fourth-order valence-electron chi connectivity index (χ4n) is 4.10. The molecule has 1 spiro atoms. The van der Waals surface area contributed by atoms with Crippen LogP contribution in [0.4, 0.5) is 4.79 Å². The number of carbonyl (C=O) groups is 2. The van der Waals surface area contributed by atoms with Gasteiger partial charge in [-0.1, -0.05) is 42.4 Å². The van der Waals surface area contributed by atoms with Crippen molar-refractivity contribution in [2.75, 3.05) is 19.8 Å². The van der Waals surface area contributed by atoms with Crippen LogP contribution >= 0.6 is 11.6 Å². The molecule has 0 N–H and O–H groups in total. The Morgan fingerprint density at radius 1 is 1.09 bits per heavy atom. The summed E-state index contributed by atoms with van der Waals surface area (Å²) in [7, 11) is 0. The van der Waals surface area contributed by atoms with E-state index in [2.05, 4.69) is 6.58 Å². The molecule has 0 unspecified atom stereocenters. The van der Waals surface area contributed by atoms with Crippen LogP contribution in [0.2, 0.25) is 5.02 Å². The zero-order valence-corrected chi connectivity index (χ0v) is 19.4. The molecule has 2 aromatic rings. The molecule has 172 valence electrons. The number of carbonyl (C=O) groups excluding carboxylic acids is 2. The fourth-order valence-corrected chi connectivity index (χ4v) is 4.22. The van der Waals surface area contributed by atoms with Gasteiger partial charge in [-0.25, -0.2) is 4.79 Å². The summed E-state index contributed by atoms with van der Waals surface area (Å²) < 4.78 is 21.9. The SMILES string of the molecule is C=C(C)OC(=O)OC1=C(c2cc(-c3ccc(Cl)cc3)ccc2C)C(=O)C2(CCOCC2)OC1. The number of ether oxygens (including phenoxy) is 4. The number of halogens is 1. The van der Waals surface area contributed by atoms with E-state index < -0.39 is 11.8 Å². The second kappa shape index (κ2) is 9.51. The topological polar surface area (TPSA) is 71.1 Å². The van der Waals surface area contributed by atoms with Gasteiger partial charge in [-0.05, 0) is 54.3 Å². The Balaban J connectivity index is 1.81. The van der Waals surface area contributed by atoms with Crippen LogP contribution in [0.5, 0.6) is 0 Å². The van der Waals surface area contributed by atoms with E-state index >= 15 is 0 Å². The number of hydrogen-bond donors (Lipinski definition) is 0. The van der Waals surface area contributed by atoms with Crippen molar-refractivity contribution < 1.29 is 28.5 Å². The molecule has 2 aliphatic rings. The summed E-state index contributed by atoms with van der Waals surface area (Å²) in [6.07, 6.45) is -0.0791. The molecule has 1 saturated heterocycles. The van der Waals surface area contributed by atoms with Crippen LogP contribution in [0.15, 0.2) is 60.6 Å². The molecule has 0 atom stereocenters. The van der Waals surface area contributed by atoms with Crippen molar-refractivity contribution in [3.05, 3.63) is 76.7 Å². The molecule has 6 nitrogen and oxygen atoms in total. The van der Waals surface area contributed by atoms with E-state index in [1.54, 1.807) is 0 Å². The highest BCUT2D eigenvalue weighted by Crippen LogP contribution is 2.40. The molecule has 0 aliphatic carbocycles. The van der Waals surface area contributed by atoms with E-state index in [0.717, 1.165) is 16.7 Å². The molecule has 7 heteroatoms. The summed E-state index contributed by atoms with van der Waals surface area (Å²) in [5.74, 6) is 0.0956. The van der Waals surface area contributed by atoms with Gasteiger partial charge in [0.1, 0.15) is 23.7 Å². The van der Waals surface area contributed by atoms with Gasteiger partial charge in [0.05, 0.1) is 5.57 Å². The van der Waals surface area contributed by atoms with E-state index in [4.69, 9.17) is 30.5 Å². The number of hydrogen-bond acceptors (Lipinski definition) is 6. The zero-order valence-electron chi connectivity index (χ0n) is 18.6. The smallest absolute Gasteiger partial charge is 0.400 e. The van der Waals surface area contributed by atoms with Gasteiger partial charge < -0.3 is 18.9 Å². The lowest BCUT2D eigenvalue weighted by molar-refractivity contribution is -0.155. The monoisotopic (exact) mass is 468 g/mol. The summed E-state index contributed by atoms with van der Waals surface area (Å²) in [6.45, 7) is 7.83. The Bertz CT molecular complexity index is 1130. The number of benzene rings is 2. The van der Waals surface area contributed by atoms with Gasteiger partial charge in [0, 0.05) is 31.1 Å². The van der Waals surface area contributed by atoms with E-state index in [0.29, 0.717) is 42.2 Å². The van der Waals surface area contributed by atoms with Crippen LogP contribution in [0.1, 0.15) is 30.9 Å². The molecule has 0 amide bonds. The van der Waals surface area contributed by atoms with Crippen molar-refractivity contribution in [3.63, 3.8) is 0 Å². The van der Waals surface area contributed by atoms with E-state index in [1.807, 2.05) is 49.4 Å². The van der Waals surface area contributed by atoms with Crippen molar-refractivity contribution in [1.82, 2.24) is 0 Å². The highest BCUT2D eigenvalue weighted by molar-refractivity contribution is 6.30. The van der Waals surface area contributed by atoms with Gasteiger partial charge in [0.15, 0.2) is 5.78 Å². The lowest BCUT2D eigenvalue weighted by Gasteiger charge is -2.39. The summed E-state index contributed by atoms with van der Waals surface area (Å²) in [5, 5.41) is 0.640. The van der Waals surface area contributed by atoms with Crippen LogP contribution in [-0.4, -0.2) is 37.4 Å². The summed E-state index contributed by atoms with van der Waals surface area (Å²) in [5.41, 5.74) is 2.74. The van der Waals surface area contributed by atoms with Crippen molar-refractivity contribution in [1.29, 1.82) is 0 Å². The van der Waals surface area contributed by atoms with Crippen LogP contribution < -0.4 is 0 Å². The standard InChI is InChI=1S/C26H25ClO6/c1-16(2)32-25(29)33-22-15-31-26(10-12-30-13-11-26)24(28)23(22)21-14-19(5-4-17(21)3)18-6-8-20(27)9-7-18/h4-9,14H,1,10-13,15H2,2-3H3. The average molecular weight is 469 g/mol. The maximum atomic E-state index is 13.9. The minimum Gasteiger partial charge on any atom is -0.400 e. The van der Waals surface area contributed by atoms with Crippen molar-refractivity contribution in [3.8, 4) is 11.1 Å². The third-order valence-electron chi connectivity index (χ3n) is 5.85. The summed E-state index contributed by atoms with van der Waals surface area (Å²) >= 11 is 6.04. The minimum absolute atomic E-state index is 0.0308. The molecule has 0 bridgehead atoms. The zero-order chi connectivity index (χ0) is 23.6. The molecule has 2 heterocycles. The maximum Gasteiger partial charge on any atom is 0.518 e. The average Bonchev–Trinajstić information content (AvgIpc) is 2.78. The third kappa shape index (κ3) is 4.88. The Labute approximate surface area is 197 Å². The molecule has 1 fully saturated rings. The Morgan fingerprint density at radius 2 is 1.76 bits per heavy atom. The first kappa shape index (κ1) is 23.2. The van der Waals surface area contributed by atoms with Gasteiger partial charge in [0.2, 0.25) is 0 Å². The number of allylic oxidation sites excluding steroid dienone is 1. The van der Waals surface area contributed by atoms with E-state index in [1.165, 1.54) is 6.92 Å². The first-order chi connectivity index (χ1) is 15.8. The molecule has 0 saturated carbocycles. The largest absolute Gasteiger partial charge is 0.518 e. The molecule has 2 aromatic carbocycles. The lowest BCUT2D eigenvalue weighted by Crippen LogP contribution is -2.50. The fraction of sp³-hybridized carbons (Fsp3) is 0.308. The predicted molar refractivity (Wildman–Crippen MR) is 125 cm³/mol. The maximum absolute atomic E-state index is 13.9. The number of ketones is 1. The quantitative estimate of drug-likeness (QED) is 0.413. The van der Waals surface area contributed by atoms with Gasteiger partial charge in [0.25, 0.3) is 0 Å². The van der Waals surface area contributed by atoms with Crippen molar-refractivity contribution >= 4 is 29.1 Å². The molecule has 0 radical (unpaired) electrons.